The highest BCUT2D eigenvalue weighted by Crippen LogP contribution is 2.43. The second-order valence-corrected chi connectivity index (χ2v) is 8.71. The number of rotatable bonds is 8. The zero-order valence-corrected chi connectivity index (χ0v) is 19.7. The van der Waals surface area contributed by atoms with Crippen LogP contribution in [0.3, 0.4) is 0 Å². The maximum absolute atomic E-state index is 13.6. The summed E-state index contributed by atoms with van der Waals surface area (Å²) in [6, 6.07) is 17.3. The molecule has 2 aromatic carbocycles. The number of carbonyl (C=O) groups excluding carboxylic acids is 1. The van der Waals surface area contributed by atoms with E-state index in [1.165, 1.54) is 6.33 Å². The number of nitrogens with one attached hydrogen (secondary N) is 1. The molecule has 2 aromatic heterocycles. The SMILES string of the molecule is COCCNC(=O)c1c(-c2ccc(Oc3ccccc3)cc2)c2c(N)ncnn2c1C1CCCC1. The highest BCUT2D eigenvalue weighted by Gasteiger charge is 2.32. The monoisotopic (exact) mass is 471 g/mol. The zero-order chi connectivity index (χ0) is 24.2. The number of amides is 1. The molecule has 1 aliphatic rings. The maximum atomic E-state index is 13.6. The van der Waals surface area contributed by atoms with Crippen LogP contribution >= 0.6 is 0 Å². The molecule has 35 heavy (non-hydrogen) atoms. The van der Waals surface area contributed by atoms with Gasteiger partial charge in [-0.2, -0.15) is 5.10 Å². The molecule has 3 N–H and O–H groups in total. The number of methoxy groups -OCH3 is 1. The number of anilines is 1. The normalized spacial score (nSPS) is 13.9. The summed E-state index contributed by atoms with van der Waals surface area (Å²) >= 11 is 0. The Bertz CT molecular complexity index is 1310. The molecule has 8 nitrogen and oxygen atoms in total. The smallest absolute Gasteiger partial charge is 0.253 e. The average Bonchev–Trinajstić information content (AvgIpc) is 3.52. The first-order valence-corrected chi connectivity index (χ1v) is 11.9. The van der Waals surface area contributed by atoms with Gasteiger partial charge in [0.25, 0.3) is 5.91 Å². The average molecular weight is 472 g/mol. The Kier molecular flexibility index (Phi) is 6.63. The highest BCUT2D eigenvalue weighted by atomic mass is 16.5. The molecule has 0 unspecified atom stereocenters. The summed E-state index contributed by atoms with van der Waals surface area (Å²) in [6.45, 7) is 0.844. The molecule has 0 atom stereocenters. The van der Waals surface area contributed by atoms with E-state index in [1.807, 2.05) is 59.1 Å². The minimum absolute atomic E-state index is 0.159. The van der Waals surface area contributed by atoms with Crippen LogP contribution in [0.2, 0.25) is 0 Å². The number of carbonyl (C=O) groups is 1. The molecular weight excluding hydrogens is 442 g/mol. The molecule has 8 heteroatoms. The predicted molar refractivity (Wildman–Crippen MR) is 135 cm³/mol. The lowest BCUT2D eigenvalue weighted by molar-refractivity contribution is 0.0936. The van der Waals surface area contributed by atoms with Gasteiger partial charge in [-0.3, -0.25) is 4.79 Å². The molecule has 0 bridgehead atoms. The van der Waals surface area contributed by atoms with Crippen molar-refractivity contribution in [1.82, 2.24) is 19.9 Å². The third kappa shape index (κ3) is 4.57. The number of aromatic nitrogens is 3. The van der Waals surface area contributed by atoms with Crippen LogP contribution in [0.15, 0.2) is 60.9 Å². The molecule has 5 rings (SSSR count). The van der Waals surface area contributed by atoms with Gasteiger partial charge in [0.05, 0.1) is 17.9 Å². The number of para-hydroxylation sites is 1. The van der Waals surface area contributed by atoms with Gasteiger partial charge in [0.15, 0.2) is 5.82 Å². The van der Waals surface area contributed by atoms with Crippen molar-refractivity contribution >= 4 is 17.2 Å². The Labute approximate surface area is 204 Å². The van der Waals surface area contributed by atoms with E-state index in [0.717, 1.165) is 48.3 Å². The van der Waals surface area contributed by atoms with Crippen molar-refractivity contribution in [2.24, 2.45) is 0 Å². The predicted octanol–water partition coefficient (Wildman–Crippen LogP) is 4.80. The molecule has 0 saturated heterocycles. The van der Waals surface area contributed by atoms with Crippen molar-refractivity contribution in [3.8, 4) is 22.6 Å². The van der Waals surface area contributed by atoms with Crippen LogP contribution in [0.25, 0.3) is 16.6 Å². The van der Waals surface area contributed by atoms with E-state index < -0.39 is 0 Å². The fraction of sp³-hybridized carbons (Fsp3) is 0.296. The topological polar surface area (TPSA) is 104 Å². The van der Waals surface area contributed by atoms with Gasteiger partial charge in [-0.25, -0.2) is 9.50 Å². The number of hydrogen-bond donors (Lipinski definition) is 2. The third-order valence-electron chi connectivity index (χ3n) is 6.47. The summed E-state index contributed by atoms with van der Waals surface area (Å²) in [5, 5.41) is 7.55. The van der Waals surface area contributed by atoms with E-state index in [1.54, 1.807) is 7.11 Å². The van der Waals surface area contributed by atoms with Crippen molar-refractivity contribution in [3.05, 3.63) is 72.2 Å². The quantitative estimate of drug-likeness (QED) is 0.358. The Morgan fingerprint density at radius 1 is 1.09 bits per heavy atom. The Balaban J connectivity index is 1.63. The molecular formula is C27H29N5O3. The van der Waals surface area contributed by atoms with E-state index in [4.69, 9.17) is 15.2 Å². The van der Waals surface area contributed by atoms with Crippen LogP contribution < -0.4 is 15.8 Å². The molecule has 1 aliphatic carbocycles. The lowest BCUT2D eigenvalue weighted by Gasteiger charge is -2.13. The standard InChI is InChI=1S/C27H29N5O3/c1-34-16-15-29-27(33)23-22(18-11-13-21(14-12-18)35-20-9-3-2-4-10-20)25-26(28)30-17-31-32(25)24(23)19-7-5-6-8-19/h2-4,9-14,17,19H,5-8,15-16H2,1H3,(H,29,33)(H2,28,30,31). The molecule has 1 fully saturated rings. The van der Waals surface area contributed by atoms with Gasteiger partial charge >= 0.3 is 0 Å². The molecule has 0 aliphatic heterocycles. The lowest BCUT2D eigenvalue weighted by Crippen LogP contribution is -2.28. The highest BCUT2D eigenvalue weighted by molar-refractivity contribution is 6.08. The van der Waals surface area contributed by atoms with Gasteiger partial charge in [-0.1, -0.05) is 43.2 Å². The number of hydrogen-bond acceptors (Lipinski definition) is 6. The third-order valence-corrected chi connectivity index (χ3v) is 6.47. The minimum Gasteiger partial charge on any atom is -0.457 e. The van der Waals surface area contributed by atoms with Crippen molar-refractivity contribution in [2.45, 2.75) is 31.6 Å². The zero-order valence-electron chi connectivity index (χ0n) is 19.7. The summed E-state index contributed by atoms with van der Waals surface area (Å²) in [5.74, 6) is 1.88. The molecule has 1 amide bonds. The van der Waals surface area contributed by atoms with E-state index in [-0.39, 0.29) is 11.8 Å². The summed E-state index contributed by atoms with van der Waals surface area (Å²) in [4.78, 5) is 17.8. The van der Waals surface area contributed by atoms with Gasteiger partial charge in [0.1, 0.15) is 23.3 Å². The van der Waals surface area contributed by atoms with E-state index >= 15 is 0 Å². The summed E-state index contributed by atoms with van der Waals surface area (Å²) < 4.78 is 12.9. The van der Waals surface area contributed by atoms with Crippen molar-refractivity contribution in [1.29, 1.82) is 0 Å². The van der Waals surface area contributed by atoms with Crippen molar-refractivity contribution < 1.29 is 14.3 Å². The fourth-order valence-electron chi connectivity index (χ4n) is 4.89. The molecule has 1 saturated carbocycles. The summed E-state index contributed by atoms with van der Waals surface area (Å²) in [6.07, 6.45) is 5.73. The van der Waals surface area contributed by atoms with Gasteiger partial charge in [-0.05, 0) is 42.7 Å². The van der Waals surface area contributed by atoms with Crippen LogP contribution in [0.5, 0.6) is 11.5 Å². The second-order valence-electron chi connectivity index (χ2n) is 8.71. The first-order valence-electron chi connectivity index (χ1n) is 11.9. The number of nitrogens with zero attached hydrogens (tertiary/aromatic N) is 3. The van der Waals surface area contributed by atoms with Gasteiger partial charge in [0.2, 0.25) is 0 Å². The number of nitrogens with two attached hydrogens (primary N) is 1. The van der Waals surface area contributed by atoms with Crippen LogP contribution in [0.1, 0.15) is 47.7 Å². The molecule has 2 heterocycles. The van der Waals surface area contributed by atoms with Crippen LogP contribution in [0.4, 0.5) is 5.82 Å². The fourth-order valence-corrected chi connectivity index (χ4v) is 4.89. The van der Waals surface area contributed by atoms with E-state index in [9.17, 15) is 4.79 Å². The maximum Gasteiger partial charge on any atom is 0.253 e. The Hall–Kier alpha value is -3.91. The number of benzene rings is 2. The van der Waals surface area contributed by atoms with Gasteiger partial charge < -0.3 is 20.5 Å². The van der Waals surface area contributed by atoms with Crippen molar-refractivity contribution in [3.63, 3.8) is 0 Å². The Morgan fingerprint density at radius 3 is 2.51 bits per heavy atom. The lowest BCUT2D eigenvalue weighted by atomic mass is 9.94. The molecule has 0 radical (unpaired) electrons. The van der Waals surface area contributed by atoms with Crippen LogP contribution in [-0.2, 0) is 4.74 Å². The second kappa shape index (κ2) is 10.1. The van der Waals surface area contributed by atoms with Crippen LogP contribution in [0, 0.1) is 0 Å². The molecule has 180 valence electrons. The largest absolute Gasteiger partial charge is 0.457 e. The number of nitrogen functional groups attached to an aromatic ring is 1. The summed E-state index contributed by atoms with van der Waals surface area (Å²) in [5.41, 5.74) is 10.1. The first-order chi connectivity index (χ1) is 17.2. The summed E-state index contributed by atoms with van der Waals surface area (Å²) in [7, 11) is 1.61. The van der Waals surface area contributed by atoms with Gasteiger partial charge in [0, 0.05) is 25.1 Å². The molecule has 0 spiro atoms. The first kappa shape index (κ1) is 22.9. The van der Waals surface area contributed by atoms with E-state index in [0.29, 0.717) is 35.8 Å². The van der Waals surface area contributed by atoms with Gasteiger partial charge in [-0.15, -0.1) is 0 Å². The number of ether oxygens (including phenoxy) is 2. The van der Waals surface area contributed by atoms with Crippen molar-refractivity contribution in [2.75, 3.05) is 26.0 Å². The van der Waals surface area contributed by atoms with E-state index in [2.05, 4.69) is 15.4 Å². The minimum atomic E-state index is -0.159. The van der Waals surface area contributed by atoms with Crippen LogP contribution in [-0.4, -0.2) is 40.8 Å². The molecule has 4 aromatic rings. The number of fused-ring (bicyclic) bond motifs is 1. The Morgan fingerprint density at radius 2 is 1.80 bits per heavy atom.